The fourth-order valence-electron chi connectivity index (χ4n) is 3.49. The van der Waals surface area contributed by atoms with Crippen LogP contribution in [0.1, 0.15) is 24.8 Å². The van der Waals surface area contributed by atoms with Crippen molar-refractivity contribution in [1.82, 2.24) is 9.80 Å². The summed E-state index contributed by atoms with van der Waals surface area (Å²) < 4.78 is 26.5. The number of nitrogens with zero attached hydrogens (tertiary/aromatic N) is 2. The van der Waals surface area contributed by atoms with Crippen LogP contribution in [0.25, 0.3) is 0 Å². The van der Waals surface area contributed by atoms with Gasteiger partial charge in [-0.2, -0.15) is 0 Å². The second kappa shape index (κ2) is 6.22. The highest BCUT2D eigenvalue weighted by Crippen LogP contribution is 2.31. The van der Waals surface area contributed by atoms with Gasteiger partial charge in [-0.3, -0.25) is 9.80 Å². The number of benzene rings is 1. The summed E-state index contributed by atoms with van der Waals surface area (Å²) >= 11 is 0. The maximum Gasteiger partial charge on any atom is 0.261 e. The molecule has 0 radical (unpaired) electrons. The van der Waals surface area contributed by atoms with Crippen molar-refractivity contribution in [3.05, 3.63) is 35.9 Å². The SMILES string of the molecule is OC1(CN2CCC(F)(F)C2)CCN(Cc2ccccc2)CC1. The van der Waals surface area contributed by atoms with Gasteiger partial charge in [0, 0.05) is 39.1 Å². The minimum atomic E-state index is -2.58. The number of rotatable bonds is 4. The van der Waals surface area contributed by atoms with E-state index in [2.05, 4.69) is 17.0 Å². The molecule has 22 heavy (non-hydrogen) atoms. The van der Waals surface area contributed by atoms with Crippen LogP contribution in [-0.2, 0) is 6.54 Å². The third-order valence-corrected chi connectivity index (χ3v) is 4.80. The molecule has 0 bridgehead atoms. The van der Waals surface area contributed by atoms with E-state index in [9.17, 15) is 13.9 Å². The average Bonchev–Trinajstić information content (AvgIpc) is 2.81. The first-order valence-electron chi connectivity index (χ1n) is 8.03. The second-order valence-electron chi connectivity index (χ2n) is 6.80. The molecule has 2 aliphatic rings. The molecule has 0 aromatic heterocycles. The lowest BCUT2D eigenvalue weighted by Crippen LogP contribution is -2.50. The number of aliphatic hydroxyl groups is 1. The molecule has 2 aliphatic heterocycles. The van der Waals surface area contributed by atoms with Crippen LogP contribution in [0.5, 0.6) is 0 Å². The summed E-state index contributed by atoms with van der Waals surface area (Å²) in [4.78, 5) is 4.04. The molecule has 3 rings (SSSR count). The van der Waals surface area contributed by atoms with Crippen molar-refractivity contribution < 1.29 is 13.9 Å². The van der Waals surface area contributed by atoms with Crippen LogP contribution >= 0.6 is 0 Å². The minimum absolute atomic E-state index is 0.0801. The molecule has 2 saturated heterocycles. The van der Waals surface area contributed by atoms with Crippen molar-refractivity contribution in [3.63, 3.8) is 0 Å². The molecule has 2 fully saturated rings. The molecule has 0 amide bonds. The predicted molar refractivity (Wildman–Crippen MR) is 81.9 cm³/mol. The Morgan fingerprint density at radius 1 is 0.955 bits per heavy atom. The van der Waals surface area contributed by atoms with Crippen molar-refractivity contribution in [1.29, 1.82) is 0 Å². The zero-order valence-electron chi connectivity index (χ0n) is 12.8. The van der Waals surface area contributed by atoms with Gasteiger partial charge in [0.1, 0.15) is 0 Å². The molecule has 122 valence electrons. The number of β-amino-alcohol motifs (C(OH)–C–C–N with tert-alkyl or cyclic N) is 1. The van der Waals surface area contributed by atoms with Gasteiger partial charge in [0.2, 0.25) is 0 Å². The summed E-state index contributed by atoms with van der Waals surface area (Å²) in [5.41, 5.74) is 0.459. The minimum Gasteiger partial charge on any atom is -0.388 e. The van der Waals surface area contributed by atoms with E-state index in [4.69, 9.17) is 0 Å². The highest BCUT2D eigenvalue weighted by molar-refractivity contribution is 5.14. The van der Waals surface area contributed by atoms with Gasteiger partial charge in [0.05, 0.1) is 12.1 Å². The largest absolute Gasteiger partial charge is 0.388 e. The van der Waals surface area contributed by atoms with Crippen LogP contribution in [0.2, 0.25) is 0 Å². The zero-order chi connectivity index (χ0) is 15.6. The van der Waals surface area contributed by atoms with Gasteiger partial charge in [-0.1, -0.05) is 30.3 Å². The van der Waals surface area contributed by atoms with Gasteiger partial charge in [-0.05, 0) is 18.4 Å². The van der Waals surface area contributed by atoms with E-state index in [0.717, 1.165) is 19.6 Å². The molecule has 2 heterocycles. The van der Waals surface area contributed by atoms with E-state index in [0.29, 0.717) is 25.9 Å². The van der Waals surface area contributed by atoms with Gasteiger partial charge in [0.15, 0.2) is 0 Å². The van der Waals surface area contributed by atoms with E-state index in [-0.39, 0.29) is 13.0 Å². The van der Waals surface area contributed by atoms with Crippen molar-refractivity contribution >= 4 is 0 Å². The molecule has 1 N–H and O–H groups in total. The van der Waals surface area contributed by atoms with Crippen LogP contribution in [0, 0.1) is 0 Å². The average molecular weight is 310 g/mol. The lowest BCUT2D eigenvalue weighted by Gasteiger charge is -2.40. The zero-order valence-corrected chi connectivity index (χ0v) is 12.8. The maximum absolute atomic E-state index is 13.2. The molecule has 0 aliphatic carbocycles. The quantitative estimate of drug-likeness (QED) is 0.925. The number of piperidine rings is 1. The molecule has 1 aromatic rings. The number of hydrogen-bond acceptors (Lipinski definition) is 3. The van der Waals surface area contributed by atoms with Crippen LogP contribution in [0.4, 0.5) is 8.78 Å². The Kier molecular flexibility index (Phi) is 4.48. The van der Waals surface area contributed by atoms with E-state index >= 15 is 0 Å². The van der Waals surface area contributed by atoms with Crippen LogP contribution in [0.15, 0.2) is 30.3 Å². The summed E-state index contributed by atoms with van der Waals surface area (Å²) in [6, 6.07) is 10.3. The Morgan fingerprint density at radius 2 is 1.59 bits per heavy atom. The molecule has 0 saturated carbocycles. The Morgan fingerprint density at radius 3 is 2.18 bits per heavy atom. The number of likely N-dealkylation sites (tertiary alicyclic amines) is 2. The lowest BCUT2D eigenvalue weighted by molar-refractivity contribution is -0.0513. The van der Waals surface area contributed by atoms with Gasteiger partial charge >= 0.3 is 0 Å². The first-order chi connectivity index (χ1) is 10.4. The smallest absolute Gasteiger partial charge is 0.261 e. The van der Waals surface area contributed by atoms with Crippen molar-refractivity contribution in [3.8, 4) is 0 Å². The van der Waals surface area contributed by atoms with Crippen LogP contribution in [0.3, 0.4) is 0 Å². The van der Waals surface area contributed by atoms with Crippen LogP contribution < -0.4 is 0 Å². The van der Waals surface area contributed by atoms with E-state index < -0.39 is 11.5 Å². The Balaban J connectivity index is 1.48. The third kappa shape index (κ3) is 4.03. The van der Waals surface area contributed by atoms with E-state index in [1.54, 1.807) is 4.90 Å². The number of hydrogen-bond donors (Lipinski definition) is 1. The highest BCUT2D eigenvalue weighted by Gasteiger charge is 2.42. The maximum atomic E-state index is 13.2. The molecule has 0 atom stereocenters. The summed E-state index contributed by atoms with van der Waals surface area (Å²) in [5.74, 6) is -2.58. The Bertz CT molecular complexity index is 487. The Labute approximate surface area is 130 Å². The fourth-order valence-corrected chi connectivity index (χ4v) is 3.49. The monoisotopic (exact) mass is 310 g/mol. The predicted octanol–water partition coefficient (Wildman–Crippen LogP) is 2.35. The second-order valence-corrected chi connectivity index (χ2v) is 6.80. The fraction of sp³-hybridized carbons (Fsp3) is 0.647. The number of halogens is 2. The molecule has 0 spiro atoms. The molecule has 5 heteroatoms. The first kappa shape index (κ1) is 15.8. The molecule has 0 unspecified atom stereocenters. The molecular formula is C17H24F2N2O. The van der Waals surface area contributed by atoms with Gasteiger partial charge in [-0.25, -0.2) is 8.78 Å². The Hall–Kier alpha value is -1.04. The first-order valence-corrected chi connectivity index (χ1v) is 8.03. The number of alkyl halides is 2. The third-order valence-electron chi connectivity index (χ3n) is 4.80. The highest BCUT2D eigenvalue weighted by atomic mass is 19.3. The lowest BCUT2D eigenvalue weighted by atomic mass is 9.90. The van der Waals surface area contributed by atoms with Crippen LogP contribution in [-0.4, -0.2) is 59.2 Å². The normalized spacial score (nSPS) is 25.4. The summed E-state index contributed by atoms with van der Waals surface area (Å²) in [5, 5.41) is 10.7. The summed E-state index contributed by atoms with van der Waals surface area (Å²) in [7, 11) is 0. The molecular weight excluding hydrogens is 286 g/mol. The summed E-state index contributed by atoms with van der Waals surface area (Å²) in [6.45, 7) is 3.08. The van der Waals surface area contributed by atoms with Gasteiger partial charge in [-0.15, -0.1) is 0 Å². The van der Waals surface area contributed by atoms with Crippen molar-refractivity contribution in [2.75, 3.05) is 32.7 Å². The molecule has 3 nitrogen and oxygen atoms in total. The van der Waals surface area contributed by atoms with Gasteiger partial charge in [0.25, 0.3) is 5.92 Å². The topological polar surface area (TPSA) is 26.7 Å². The molecule has 1 aromatic carbocycles. The van der Waals surface area contributed by atoms with Gasteiger partial charge < -0.3 is 5.11 Å². The standard InChI is InChI=1S/C17H24F2N2O/c18-17(19)8-11-21(14-17)13-16(22)6-9-20(10-7-16)12-15-4-2-1-3-5-15/h1-5,22H,6-14H2. The summed E-state index contributed by atoms with van der Waals surface area (Å²) in [6.07, 6.45) is 1.23. The van der Waals surface area contributed by atoms with E-state index in [1.807, 2.05) is 18.2 Å². The van der Waals surface area contributed by atoms with Crippen molar-refractivity contribution in [2.45, 2.75) is 37.3 Å². The van der Waals surface area contributed by atoms with E-state index in [1.165, 1.54) is 5.56 Å². The van der Waals surface area contributed by atoms with Crippen molar-refractivity contribution in [2.24, 2.45) is 0 Å².